The number of aromatic nitrogens is 6. The molecule has 0 amide bonds. The van der Waals surface area contributed by atoms with Crippen LogP contribution in [0.4, 0.5) is 0 Å². The standard InChI is InChI=1S/C14H12N6O2S2/c21-11(5-23-13-15-7-17-19-13)9-1-2-10(4-3-9)12(22)6-24-14-16-8-18-20-14/h1-4,7-8H,5-6H2,(H,15,17,19)(H,16,18,20). The summed E-state index contributed by atoms with van der Waals surface area (Å²) >= 11 is 2.56. The summed E-state index contributed by atoms with van der Waals surface area (Å²) in [6, 6.07) is 6.65. The van der Waals surface area contributed by atoms with E-state index in [-0.39, 0.29) is 23.1 Å². The van der Waals surface area contributed by atoms with Gasteiger partial charge in [0.05, 0.1) is 11.5 Å². The van der Waals surface area contributed by atoms with Gasteiger partial charge in [-0.25, -0.2) is 9.97 Å². The summed E-state index contributed by atoms with van der Waals surface area (Å²) in [7, 11) is 0. The van der Waals surface area contributed by atoms with Crippen LogP contribution in [0.2, 0.25) is 0 Å². The van der Waals surface area contributed by atoms with Crippen LogP contribution < -0.4 is 0 Å². The Balaban J connectivity index is 1.54. The Labute approximate surface area is 145 Å². The van der Waals surface area contributed by atoms with Gasteiger partial charge in [-0.05, 0) is 0 Å². The van der Waals surface area contributed by atoms with Gasteiger partial charge in [-0.1, -0.05) is 47.8 Å². The maximum Gasteiger partial charge on any atom is 0.183 e. The molecule has 2 heterocycles. The van der Waals surface area contributed by atoms with Crippen LogP contribution in [0, 0.1) is 0 Å². The Bertz CT molecular complexity index is 733. The summed E-state index contributed by atoms with van der Waals surface area (Å²) in [5.74, 6) is 0.436. The predicted octanol–water partition coefficient (Wildman–Crippen LogP) is 1.87. The molecule has 0 radical (unpaired) electrons. The number of benzene rings is 1. The van der Waals surface area contributed by atoms with Crippen molar-refractivity contribution < 1.29 is 9.59 Å². The maximum atomic E-state index is 12.1. The van der Waals surface area contributed by atoms with E-state index in [1.54, 1.807) is 24.3 Å². The lowest BCUT2D eigenvalue weighted by Gasteiger charge is -2.02. The fourth-order valence-electron chi connectivity index (χ4n) is 1.80. The minimum Gasteiger partial charge on any atom is -0.293 e. The van der Waals surface area contributed by atoms with Gasteiger partial charge in [0.1, 0.15) is 12.7 Å². The molecule has 2 N–H and O–H groups in total. The molecule has 1 aromatic carbocycles. The van der Waals surface area contributed by atoms with Crippen LogP contribution in [0.5, 0.6) is 0 Å². The van der Waals surface area contributed by atoms with Crippen molar-refractivity contribution in [1.29, 1.82) is 0 Å². The molecular formula is C14H12N6O2S2. The van der Waals surface area contributed by atoms with Crippen LogP contribution in [0.25, 0.3) is 0 Å². The molecule has 0 saturated carbocycles. The molecule has 0 saturated heterocycles. The molecule has 0 fully saturated rings. The van der Waals surface area contributed by atoms with Crippen molar-refractivity contribution in [2.75, 3.05) is 11.5 Å². The predicted molar refractivity (Wildman–Crippen MR) is 89.3 cm³/mol. The molecule has 122 valence electrons. The van der Waals surface area contributed by atoms with E-state index in [4.69, 9.17) is 0 Å². The zero-order valence-electron chi connectivity index (χ0n) is 12.3. The normalized spacial score (nSPS) is 10.7. The van der Waals surface area contributed by atoms with Gasteiger partial charge >= 0.3 is 0 Å². The molecule has 0 aliphatic heterocycles. The van der Waals surface area contributed by atoms with Crippen molar-refractivity contribution in [3.8, 4) is 0 Å². The van der Waals surface area contributed by atoms with E-state index in [0.29, 0.717) is 21.4 Å². The number of carbonyl (C=O) groups excluding carboxylic acids is 2. The van der Waals surface area contributed by atoms with Crippen molar-refractivity contribution >= 4 is 35.1 Å². The van der Waals surface area contributed by atoms with Gasteiger partial charge in [0.25, 0.3) is 0 Å². The number of carbonyl (C=O) groups is 2. The molecule has 0 unspecified atom stereocenters. The first kappa shape index (κ1) is 16.4. The smallest absolute Gasteiger partial charge is 0.183 e. The van der Waals surface area contributed by atoms with Crippen LogP contribution in [0.15, 0.2) is 47.2 Å². The number of hydrogen-bond donors (Lipinski definition) is 2. The van der Waals surface area contributed by atoms with E-state index in [1.165, 1.54) is 36.2 Å². The molecule has 8 nitrogen and oxygen atoms in total. The number of ketones is 2. The van der Waals surface area contributed by atoms with E-state index >= 15 is 0 Å². The first-order valence-corrected chi connectivity index (χ1v) is 8.82. The number of H-pyrrole nitrogens is 2. The summed E-state index contributed by atoms with van der Waals surface area (Å²) < 4.78 is 0. The molecule has 10 heteroatoms. The highest BCUT2D eigenvalue weighted by molar-refractivity contribution is 8.00. The number of rotatable bonds is 8. The average molecular weight is 360 g/mol. The second kappa shape index (κ2) is 7.88. The third-order valence-corrected chi connectivity index (χ3v) is 4.75. The number of Topliss-reactive ketones (excluding diaryl/α,β-unsaturated/α-hetero) is 2. The van der Waals surface area contributed by atoms with Gasteiger partial charge in [0.2, 0.25) is 0 Å². The van der Waals surface area contributed by atoms with Gasteiger partial charge in [-0.15, -0.1) is 0 Å². The van der Waals surface area contributed by atoms with Crippen molar-refractivity contribution in [3.63, 3.8) is 0 Å². The molecular weight excluding hydrogens is 348 g/mol. The Hall–Kier alpha value is -2.46. The van der Waals surface area contributed by atoms with Crippen LogP contribution >= 0.6 is 23.5 Å². The molecule has 0 bridgehead atoms. The fourth-order valence-corrected chi connectivity index (χ4v) is 3.15. The third kappa shape index (κ3) is 4.30. The van der Waals surface area contributed by atoms with Crippen molar-refractivity contribution in [3.05, 3.63) is 48.0 Å². The Morgan fingerprint density at radius 3 is 1.54 bits per heavy atom. The van der Waals surface area contributed by atoms with Crippen molar-refractivity contribution in [2.45, 2.75) is 10.3 Å². The Morgan fingerprint density at radius 2 is 1.21 bits per heavy atom. The molecule has 0 aliphatic rings. The van der Waals surface area contributed by atoms with Crippen molar-refractivity contribution in [1.82, 2.24) is 30.4 Å². The van der Waals surface area contributed by atoms with E-state index in [0.717, 1.165) is 0 Å². The molecule has 0 spiro atoms. The lowest BCUT2D eigenvalue weighted by atomic mass is 10.1. The molecule has 2 aromatic heterocycles. The molecule has 3 rings (SSSR count). The highest BCUT2D eigenvalue weighted by Gasteiger charge is 2.11. The molecule has 24 heavy (non-hydrogen) atoms. The van der Waals surface area contributed by atoms with Crippen LogP contribution in [-0.4, -0.2) is 53.4 Å². The van der Waals surface area contributed by atoms with Gasteiger partial charge in [-0.3, -0.25) is 19.8 Å². The van der Waals surface area contributed by atoms with E-state index in [2.05, 4.69) is 30.4 Å². The monoisotopic (exact) mass is 360 g/mol. The summed E-state index contributed by atoms with van der Waals surface area (Å²) in [5.41, 5.74) is 1.11. The maximum absolute atomic E-state index is 12.1. The highest BCUT2D eigenvalue weighted by Crippen LogP contribution is 2.16. The minimum atomic E-state index is -0.0357. The Kier molecular flexibility index (Phi) is 5.39. The molecule has 0 aliphatic carbocycles. The second-order valence-corrected chi connectivity index (χ2v) is 6.51. The highest BCUT2D eigenvalue weighted by atomic mass is 32.2. The zero-order valence-corrected chi connectivity index (χ0v) is 13.9. The van der Waals surface area contributed by atoms with Gasteiger partial charge in [0, 0.05) is 11.1 Å². The summed E-state index contributed by atoms with van der Waals surface area (Å²) in [5, 5.41) is 14.0. The van der Waals surface area contributed by atoms with Crippen LogP contribution in [0.3, 0.4) is 0 Å². The Morgan fingerprint density at radius 1 is 0.792 bits per heavy atom. The van der Waals surface area contributed by atoms with Gasteiger partial charge in [0.15, 0.2) is 21.9 Å². The quantitative estimate of drug-likeness (QED) is 0.462. The number of hydrogen-bond acceptors (Lipinski definition) is 8. The number of nitrogens with zero attached hydrogens (tertiary/aromatic N) is 4. The largest absolute Gasteiger partial charge is 0.293 e. The van der Waals surface area contributed by atoms with Crippen LogP contribution in [-0.2, 0) is 0 Å². The molecule has 0 atom stereocenters. The minimum absolute atomic E-state index is 0.0357. The average Bonchev–Trinajstić information content (AvgIpc) is 3.31. The van der Waals surface area contributed by atoms with Gasteiger partial charge < -0.3 is 0 Å². The second-order valence-electron chi connectivity index (χ2n) is 4.58. The lowest BCUT2D eigenvalue weighted by Crippen LogP contribution is -2.06. The fraction of sp³-hybridized carbons (Fsp3) is 0.143. The lowest BCUT2D eigenvalue weighted by molar-refractivity contribution is 0.101. The first-order valence-electron chi connectivity index (χ1n) is 6.85. The molecule has 3 aromatic rings. The van der Waals surface area contributed by atoms with Crippen molar-refractivity contribution in [2.24, 2.45) is 0 Å². The number of thioether (sulfide) groups is 2. The number of nitrogens with one attached hydrogen (secondary N) is 2. The van der Waals surface area contributed by atoms with Gasteiger partial charge in [-0.2, -0.15) is 10.2 Å². The first-order chi connectivity index (χ1) is 11.7. The number of aromatic amines is 2. The van der Waals surface area contributed by atoms with E-state index in [1.807, 2.05) is 0 Å². The zero-order chi connectivity index (χ0) is 16.8. The van der Waals surface area contributed by atoms with E-state index < -0.39 is 0 Å². The SMILES string of the molecule is O=C(CSc1ncn[nH]1)c1ccc(C(=O)CSc2ncn[nH]2)cc1. The summed E-state index contributed by atoms with van der Waals surface area (Å²) in [4.78, 5) is 32.1. The summed E-state index contributed by atoms with van der Waals surface area (Å²) in [6.45, 7) is 0. The third-order valence-electron chi connectivity index (χ3n) is 2.99. The van der Waals surface area contributed by atoms with Crippen LogP contribution in [0.1, 0.15) is 20.7 Å². The van der Waals surface area contributed by atoms with E-state index in [9.17, 15) is 9.59 Å². The topological polar surface area (TPSA) is 117 Å². The summed E-state index contributed by atoms with van der Waals surface area (Å²) in [6.07, 6.45) is 2.79.